The van der Waals surface area contributed by atoms with Crippen LogP contribution in [-0.2, 0) is 0 Å². The number of para-hydroxylation sites is 1. The molecule has 1 N–H and O–H groups in total. The zero-order valence-corrected chi connectivity index (χ0v) is 11.8. The van der Waals surface area contributed by atoms with Crippen LogP contribution in [-0.4, -0.2) is 42.5 Å². The molecule has 1 unspecified atom stereocenters. The van der Waals surface area contributed by atoms with Gasteiger partial charge in [0, 0.05) is 25.2 Å². The summed E-state index contributed by atoms with van der Waals surface area (Å²) in [5.74, 6) is 0.892. The van der Waals surface area contributed by atoms with Gasteiger partial charge in [-0.15, -0.1) is 0 Å². The van der Waals surface area contributed by atoms with Gasteiger partial charge in [0.05, 0.1) is 19.3 Å². The van der Waals surface area contributed by atoms with Crippen molar-refractivity contribution in [2.45, 2.75) is 6.04 Å². The molecular formula is C15H17N3O3. The number of hydrogen-bond donors (Lipinski definition) is 1. The van der Waals surface area contributed by atoms with Crippen LogP contribution in [0.4, 0.5) is 0 Å². The summed E-state index contributed by atoms with van der Waals surface area (Å²) in [5, 5.41) is 3.32. The third-order valence-electron chi connectivity index (χ3n) is 3.65. The number of nitrogens with zero attached hydrogens (tertiary/aromatic N) is 2. The van der Waals surface area contributed by atoms with Crippen LogP contribution in [0, 0.1) is 0 Å². The molecule has 2 aromatic rings. The van der Waals surface area contributed by atoms with Crippen LogP contribution in [0.3, 0.4) is 0 Å². The van der Waals surface area contributed by atoms with E-state index in [0.717, 1.165) is 17.9 Å². The van der Waals surface area contributed by atoms with Crippen molar-refractivity contribution in [2.75, 3.05) is 26.7 Å². The molecular weight excluding hydrogens is 270 g/mol. The van der Waals surface area contributed by atoms with Crippen molar-refractivity contribution in [1.82, 2.24) is 15.2 Å². The van der Waals surface area contributed by atoms with Crippen molar-refractivity contribution in [3.05, 3.63) is 48.2 Å². The van der Waals surface area contributed by atoms with Crippen molar-refractivity contribution in [3.63, 3.8) is 0 Å². The van der Waals surface area contributed by atoms with Gasteiger partial charge in [-0.1, -0.05) is 18.2 Å². The normalized spacial score (nSPS) is 18.5. The van der Waals surface area contributed by atoms with Crippen molar-refractivity contribution >= 4 is 5.91 Å². The predicted octanol–water partition coefficient (Wildman–Crippen LogP) is 1.47. The molecule has 1 aliphatic heterocycles. The number of nitrogens with one attached hydrogen (secondary N) is 1. The Labute approximate surface area is 122 Å². The molecule has 0 radical (unpaired) electrons. The average Bonchev–Trinajstić information content (AvgIpc) is 3.08. The maximum absolute atomic E-state index is 12.6. The molecule has 1 atom stereocenters. The topological polar surface area (TPSA) is 67.6 Å². The van der Waals surface area contributed by atoms with Crippen LogP contribution in [0.25, 0.3) is 0 Å². The standard InChI is InChI=1S/C15H17N3O3/c1-20-13-5-3-2-4-11(13)12-8-16-6-7-18(12)15(19)14-9-17-10-21-14/h2-5,9-10,12,16H,6-8H2,1H3. The van der Waals surface area contributed by atoms with Gasteiger partial charge in [0.25, 0.3) is 5.91 Å². The molecule has 0 saturated carbocycles. The highest BCUT2D eigenvalue weighted by Gasteiger charge is 2.31. The summed E-state index contributed by atoms with van der Waals surface area (Å²) in [6, 6.07) is 7.66. The van der Waals surface area contributed by atoms with Gasteiger partial charge >= 0.3 is 0 Å². The molecule has 110 valence electrons. The highest BCUT2D eigenvalue weighted by atomic mass is 16.5. The summed E-state index contributed by atoms with van der Waals surface area (Å²) in [4.78, 5) is 18.2. The molecule has 0 aliphatic carbocycles. The summed E-state index contributed by atoms with van der Waals surface area (Å²) in [7, 11) is 1.64. The van der Waals surface area contributed by atoms with E-state index < -0.39 is 0 Å². The quantitative estimate of drug-likeness (QED) is 0.926. The molecule has 1 aromatic heterocycles. The first-order chi connectivity index (χ1) is 10.3. The van der Waals surface area contributed by atoms with Crippen LogP contribution in [0.5, 0.6) is 5.75 Å². The SMILES string of the molecule is COc1ccccc1C1CNCCN1C(=O)c1cnco1. The second-order valence-electron chi connectivity index (χ2n) is 4.83. The Hall–Kier alpha value is -2.34. The molecule has 1 fully saturated rings. The van der Waals surface area contributed by atoms with E-state index in [1.807, 2.05) is 24.3 Å². The lowest BCUT2D eigenvalue weighted by atomic mass is 10.0. The minimum atomic E-state index is -0.148. The van der Waals surface area contributed by atoms with Gasteiger partial charge in [0.1, 0.15) is 5.75 Å². The zero-order valence-electron chi connectivity index (χ0n) is 11.8. The maximum atomic E-state index is 12.6. The van der Waals surface area contributed by atoms with Crippen molar-refractivity contribution in [3.8, 4) is 5.75 Å². The van der Waals surface area contributed by atoms with E-state index in [-0.39, 0.29) is 17.7 Å². The van der Waals surface area contributed by atoms with Gasteiger partial charge < -0.3 is 19.4 Å². The molecule has 0 spiro atoms. The molecule has 1 saturated heterocycles. The molecule has 2 heterocycles. The van der Waals surface area contributed by atoms with Gasteiger partial charge in [-0.3, -0.25) is 4.79 Å². The third kappa shape index (κ3) is 2.62. The summed E-state index contributed by atoms with van der Waals surface area (Å²) < 4.78 is 10.6. The molecule has 0 bridgehead atoms. The first-order valence-electron chi connectivity index (χ1n) is 6.84. The van der Waals surface area contributed by atoms with E-state index in [1.165, 1.54) is 12.6 Å². The van der Waals surface area contributed by atoms with Crippen LogP contribution < -0.4 is 10.1 Å². The summed E-state index contributed by atoms with van der Waals surface area (Å²) in [6.07, 6.45) is 2.72. The maximum Gasteiger partial charge on any atom is 0.291 e. The third-order valence-corrected chi connectivity index (χ3v) is 3.65. The van der Waals surface area contributed by atoms with Gasteiger partial charge in [0.2, 0.25) is 5.76 Å². The number of aromatic nitrogens is 1. The number of benzene rings is 1. The molecule has 1 aromatic carbocycles. The highest BCUT2D eigenvalue weighted by molar-refractivity contribution is 5.91. The highest BCUT2D eigenvalue weighted by Crippen LogP contribution is 2.31. The number of amides is 1. The Morgan fingerprint density at radius 1 is 1.48 bits per heavy atom. The molecule has 3 rings (SSSR count). The monoisotopic (exact) mass is 287 g/mol. The second kappa shape index (κ2) is 5.97. The number of ether oxygens (including phenoxy) is 1. The van der Waals surface area contributed by atoms with E-state index in [0.29, 0.717) is 13.1 Å². The van der Waals surface area contributed by atoms with Gasteiger partial charge in [-0.05, 0) is 6.07 Å². The van der Waals surface area contributed by atoms with Crippen LogP contribution in [0.2, 0.25) is 0 Å². The lowest BCUT2D eigenvalue weighted by Crippen LogP contribution is -2.48. The second-order valence-corrected chi connectivity index (χ2v) is 4.83. The first kappa shape index (κ1) is 13.6. The lowest BCUT2D eigenvalue weighted by Gasteiger charge is -2.36. The number of carbonyl (C=O) groups is 1. The Morgan fingerprint density at radius 3 is 3.10 bits per heavy atom. The molecule has 6 nitrogen and oxygen atoms in total. The Morgan fingerprint density at radius 2 is 2.33 bits per heavy atom. The fraction of sp³-hybridized carbons (Fsp3) is 0.333. The van der Waals surface area contributed by atoms with Gasteiger partial charge in [0.15, 0.2) is 6.39 Å². The molecule has 1 amide bonds. The summed E-state index contributed by atoms with van der Waals surface area (Å²) >= 11 is 0. The Kier molecular flexibility index (Phi) is 3.87. The zero-order chi connectivity index (χ0) is 14.7. The first-order valence-corrected chi connectivity index (χ1v) is 6.84. The fourth-order valence-electron chi connectivity index (χ4n) is 2.63. The van der Waals surface area contributed by atoms with E-state index >= 15 is 0 Å². The van der Waals surface area contributed by atoms with Gasteiger partial charge in [-0.25, -0.2) is 4.98 Å². The van der Waals surface area contributed by atoms with Crippen molar-refractivity contribution < 1.29 is 13.9 Å². The number of rotatable bonds is 3. The smallest absolute Gasteiger partial charge is 0.291 e. The minimum absolute atomic E-state index is 0.0903. The summed E-state index contributed by atoms with van der Waals surface area (Å²) in [5.41, 5.74) is 0.986. The lowest BCUT2D eigenvalue weighted by molar-refractivity contribution is 0.0599. The van der Waals surface area contributed by atoms with E-state index in [4.69, 9.17) is 9.15 Å². The summed E-state index contributed by atoms with van der Waals surface area (Å²) in [6.45, 7) is 2.05. The van der Waals surface area contributed by atoms with E-state index in [1.54, 1.807) is 12.0 Å². The Balaban J connectivity index is 1.93. The van der Waals surface area contributed by atoms with Crippen LogP contribution in [0.15, 0.2) is 41.3 Å². The van der Waals surface area contributed by atoms with E-state index in [9.17, 15) is 4.79 Å². The largest absolute Gasteiger partial charge is 0.496 e. The number of carbonyl (C=O) groups excluding carboxylic acids is 1. The molecule has 1 aliphatic rings. The predicted molar refractivity (Wildman–Crippen MR) is 76.1 cm³/mol. The fourth-order valence-corrected chi connectivity index (χ4v) is 2.63. The number of methoxy groups -OCH3 is 1. The molecule has 6 heteroatoms. The Bertz CT molecular complexity index is 612. The van der Waals surface area contributed by atoms with Crippen LogP contribution in [0.1, 0.15) is 22.2 Å². The van der Waals surface area contributed by atoms with Crippen molar-refractivity contribution in [1.29, 1.82) is 0 Å². The van der Waals surface area contributed by atoms with Crippen molar-refractivity contribution in [2.24, 2.45) is 0 Å². The number of piperazine rings is 1. The number of hydrogen-bond acceptors (Lipinski definition) is 5. The number of oxazole rings is 1. The van der Waals surface area contributed by atoms with Crippen LogP contribution >= 0.6 is 0 Å². The minimum Gasteiger partial charge on any atom is -0.496 e. The van der Waals surface area contributed by atoms with E-state index in [2.05, 4.69) is 10.3 Å². The average molecular weight is 287 g/mol. The van der Waals surface area contributed by atoms with Gasteiger partial charge in [-0.2, -0.15) is 0 Å². The molecule has 21 heavy (non-hydrogen) atoms.